The Morgan fingerprint density at radius 2 is 1.88 bits per heavy atom. The highest BCUT2D eigenvalue weighted by molar-refractivity contribution is 14.1. The molecular weight excluding hydrogens is 669 g/mol. The fraction of sp³-hybridized carbons (Fsp3) is 0.286. The van der Waals surface area contributed by atoms with Gasteiger partial charge in [-0.1, -0.05) is 43.2 Å². The Labute approximate surface area is 270 Å². The van der Waals surface area contributed by atoms with Gasteiger partial charge in [-0.3, -0.25) is 4.79 Å². The summed E-state index contributed by atoms with van der Waals surface area (Å²) in [4.78, 5) is 20.0. The number of rotatable bonds is 8. The minimum absolute atomic E-state index is 0.104. The first-order chi connectivity index (χ1) is 20.9. The average Bonchev–Trinajstić information content (AvgIpc) is 3.33. The Balaban J connectivity index is 1.45. The molecule has 0 radical (unpaired) electrons. The maximum Gasteiger partial charge on any atom is 0.259 e. The number of carbonyl (C=O) groups excluding carboxylic acids is 1. The lowest BCUT2D eigenvalue weighted by molar-refractivity contribution is 0.102. The molecule has 8 heteroatoms. The van der Waals surface area contributed by atoms with Crippen molar-refractivity contribution in [2.24, 2.45) is 4.99 Å². The third-order valence-corrected chi connectivity index (χ3v) is 9.61. The van der Waals surface area contributed by atoms with Gasteiger partial charge in [0.05, 0.1) is 27.9 Å². The number of hydrogen-bond acceptors (Lipinski definition) is 6. The first-order valence-corrected chi connectivity index (χ1v) is 16.3. The molecule has 1 heterocycles. The van der Waals surface area contributed by atoms with E-state index in [0.717, 1.165) is 67.8 Å². The number of thiophene rings is 1. The van der Waals surface area contributed by atoms with Gasteiger partial charge in [0.1, 0.15) is 11.6 Å². The van der Waals surface area contributed by atoms with Crippen LogP contribution in [-0.2, 0) is 19.4 Å². The van der Waals surface area contributed by atoms with E-state index >= 15 is 0 Å². The third-order valence-electron chi connectivity index (χ3n) is 7.61. The lowest BCUT2D eigenvalue weighted by Crippen LogP contribution is -2.15. The lowest BCUT2D eigenvalue weighted by atomic mass is 9.96. The maximum absolute atomic E-state index is 13.8. The quantitative estimate of drug-likeness (QED) is 0.147. The van der Waals surface area contributed by atoms with Crippen molar-refractivity contribution in [3.8, 4) is 17.6 Å². The Hall–Kier alpha value is -3.68. The van der Waals surface area contributed by atoms with Crippen LogP contribution in [0.4, 0.5) is 10.7 Å². The molecule has 1 aliphatic carbocycles. The van der Waals surface area contributed by atoms with Gasteiger partial charge in [-0.2, -0.15) is 5.26 Å². The van der Waals surface area contributed by atoms with Gasteiger partial charge in [0, 0.05) is 22.3 Å². The van der Waals surface area contributed by atoms with Crippen molar-refractivity contribution >= 4 is 56.7 Å². The second-order valence-corrected chi connectivity index (χ2v) is 13.0. The number of aryl methyl sites for hydroxylation is 3. The molecule has 5 rings (SSSR count). The highest BCUT2D eigenvalue weighted by atomic mass is 127. The molecule has 1 aromatic heterocycles. The van der Waals surface area contributed by atoms with Crippen LogP contribution in [0.5, 0.6) is 11.5 Å². The van der Waals surface area contributed by atoms with Crippen molar-refractivity contribution in [3.63, 3.8) is 0 Å². The van der Waals surface area contributed by atoms with Gasteiger partial charge < -0.3 is 14.8 Å². The molecule has 0 bridgehead atoms. The number of halogens is 1. The molecule has 220 valence electrons. The van der Waals surface area contributed by atoms with Crippen molar-refractivity contribution in [1.29, 1.82) is 5.26 Å². The van der Waals surface area contributed by atoms with E-state index < -0.39 is 0 Å². The van der Waals surface area contributed by atoms with E-state index in [1.54, 1.807) is 30.7 Å². The van der Waals surface area contributed by atoms with Gasteiger partial charge in [-0.15, -0.1) is 11.3 Å². The number of carbonyl (C=O) groups is 1. The van der Waals surface area contributed by atoms with Crippen molar-refractivity contribution in [1.82, 2.24) is 0 Å². The first kappa shape index (κ1) is 30.8. The summed E-state index contributed by atoms with van der Waals surface area (Å²) in [6.45, 7) is 4.29. The molecule has 1 N–H and O–H groups in total. The number of anilines is 1. The van der Waals surface area contributed by atoms with Gasteiger partial charge in [0.15, 0.2) is 11.5 Å². The summed E-state index contributed by atoms with van der Waals surface area (Å²) in [5.41, 5.74) is 7.04. The Morgan fingerprint density at radius 3 is 2.67 bits per heavy atom. The van der Waals surface area contributed by atoms with Gasteiger partial charge >= 0.3 is 0 Å². The van der Waals surface area contributed by atoms with Crippen LogP contribution in [0.2, 0.25) is 0 Å². The average molecular weight is 704 g/mol. The second-order valence-electron chi connectivity index (χ2n) is 10.7. The standard InChI is InChI=1S/C35H34IN3O3S/c1-22-14-15-23(2)29(16-22)39-34(40)32-27-12-6-4-5-7-13-31(27)43-35(32)38-20-24-17-28(36)33(30(18-24)41-3)42-21-26-11-9-8-10-25(26)19-37/h8-11,14-18,20H,4-7,12-13,21H2,1-3H3,(H,39,40). The van der Waals surface area contributed by atoms with Crippen molar-refractivity contribution in [3.05, 3.63) is 102 Å². The first-order valence-electron chi connectivity index (χ1n) is 14.4. The van der Waals surface area contributed by atoms with E-state index in [9.17, 15) is 10.1 Å². The van der Waals surface area contributed by atoms with Crippen molar-refractivity contribution in [2.75, 3.05) is 12.4 Å². The minimum Gasteiger partial charge on any atom is -0.493 e. The summed E-state index contributed by atoms with van der Waals surface area (Å²) >= 11 is 3.86. The molecule has 0 spiro atoms. The molecule has 0 aliphatic heterocycles. The normalized spacial score (nSPS) is 13.1. The Morgan fingerprint density at radius 1 is 1.09 bits per heavy atom. The van der Waals surface area contributed by atoms with Crippen LogP contribution in [0.3, 0.4) is 0 Å². The Bertz CT molecular complexity index is 1720. The summed E-state index contributed by atoms with van der Waals surface area (Å²) in [6.07, 6.45) is 8.27. The summed E-state index contributed by atoms with van der Waals surface area (Å²) in [5, 5.41) is 13.3. The summed E-state index contributed by atoms with van der Waals surface area (Å²) in [7, 11) is 1.61. The number of hydrogen-bond donors (Lipinski definition) is 1. The maximum atomic E-state index is 13.8. The highest BCUT2D eigenvalue weighted by Crippen LogP contribution is 2.40. The molecule has 1 amide bonds. The number of benzene rings is 3. The Kier molecular flexibility index (Phi) is 10.2. The number of nitrogens with one attached hydrogen (secondary N) is 1. The van der Waals surface area contributed by atoms with Crippen LogP contribution in [0.1, 0.15) is 74.3 Å². The zero-order chi connectivity index (χ0) is 30.3. The highest BCUT2D eigenvalue weighted by Gasteiger charge is 2.24. The number of nitrogens with zero attached hydrogens (tertiary/aromatic N) is 2. The van der Waals surface area contributed by atoms with Crippen molar-refractivity contribution in [2.45, 2.75) is 59.0 Å². The van der Waals surface area contributed by atoms with Crippen LogP contribution in [0, 0.1) is 28.7 Å². The van der Waals surface area contributed by atoms with Crippen LogP contribution in [0.25, 0.3) is 0 Å². The molecule has 0 fully saturated rings. The molecule has 6 nitrogen and oxygen atoms in total. The number of amides is 1. The zero-order valence-corrected chi connectivity index (χ0v) is 27.6. The summed E-state index contributed by atoms with van der Waals surface area (Å²) in [6, 6.07) is 19.6. The van der Waals surface area contributed by atoms with E-state index in [1.807, 2.05) is 56.3 Å². The third kappa shape index (κ3) is 7.28. The summed E-state index contributed by atoms with van der Waals surface area (Å²) < 4.78 is 12.7. The number of nitriles is 1. The fourth-order valence-corrected chi connectivity index (χ4v) is 7.29. The minimum atomic E-state index is -0.104. The molecule has 1 aliphatic rings. The van der Waals surface area contributed by atoms with Gasteiger partial charge in [-0.05, 0) is 109 Å². The van der Waals surface area contributed by atoms with Crippen molar-refractivity contribution < 1.29 is 14.3 Å². The second kappa shape index (κ2) is 14.2. The number of methoxy groups -OCH3 is 1. The SMILES string of the molecule is COc1cc(C=Nc2sc3c(c2C(=O)Nc2cc(C)ccc2C)CCCCCC3)cc(I)c1OCc1ccccc1C#N. The summed E-state index contributed by atoms with van der Waals surface area (Å²) in [5.74, 6) is 1.09. The lowest BCUT2D eigenvalue weighted by Gasteiger charge is -2.14. The van der Waals surface area contributed by atoms with Gasteiger partial charge in [0.2, 0.25) is 0 Å². The van der Waals surface area contributed by atoms with E-state index in [2.05, 4.69) is 40.0 Å². The van der Waals surface area contributed by atoms with Gasteiger partial charge in [-0.25, -0.2) is 4.99 Å². The fourth-order valence-electron chi connectivity index (χ4n) is 5.28. The predicted molar refractivity (Wildman–Crippen MR) is 183 cm³/mol. The predicted octanol–water partition coefficient (Wildman–Crippen LogP) is 9.09. The van der Waals surface area contributed by atoms with Crippen LogP contribution < -0.4 is 14.8 Å². The molecule has 0 unspecified atom stereocenters. The van der Waals surface area contributed by atoms with E-state index in [0.29, 0.717) is 22.6 Å². The zero-order valence-electron chi connectivity index (χ0n) is 24.6. The molecule has 43 heavy (non-hydrogen) atoms. The van der Waals surface area contributed by atoms with Crippen LogP contribution >= 0.6 is 33.9 Å². The van der Waals surface area contributed by atoms with E-state index in [4.69, 9.17) is 14.5 Å². The molecule has 0 saturated heterocycles. The van der Waals surface area contributed by atoms with Gasteiger partial charge in [0.25, 0.3) is 5.91 Å². The van der Waals surface area contributed by atoms with E-state index in [1.165, 1.54) is 17.7 Å². The smallest absolute Gasteiger partial charge is 0.259 e. The molecule has 0 saturated carbocycles. The number of aliphatic imine (C=N–C) groups is 1. The van der Waals surface area contributed by atoms with Crippen LogP contribution in [-0.4, -0.2) is 19.2 Å². The monoisotopic (exact) mass is 703 g/mol. The topological polar surface area (TPSA) is 83.7 Å². The molecule has 0 atom stereocenters. The number of ether oxygens (including phenoxy) is 2. The largest absolute Gasteiger partial charge is 0.493 e. The molecular formula is C35H34IN3O3S. The van der Waals surface area contributed by atoms with E-state index in [-0.39, 0.29) is 12.5 Å². The van der Waals surface area contributed by atoms with Crippen LogP contribution in [0.15, 0.2) is 59.6 Å². The molecule has 3 aromatic carbocycles. The number of fused-ring (bicyclic) bond motifs is 1. The molecule has 4 aromatic rings.